The number of Topliss-reactive ketones (excluding diaryl/α,β-unsaturated/α-hetero) is 2. The Kier molecular flexibility index (Phi) is 3.62. The summed E-state index contributed by atoms with van der Waals surface area (Å²) in [5, 5.41) is 9.57. The Hall–Kier alpha value is -3.73. The largest absolute Gasteiger partial charge is 0.507 e. The maximum Gasteiger partial charge on any atom is 0.197 e. The Labute approximate surface area is 148 Å². The van der Waals surface area contributed by atoms with Crippen LogP contribution in [0.5, 0.6) is 5.75 Å². The van der Waals surface area contributed by atoms with Crippen molar-refractivity contribution >= 4 is 23.9 Å². The van der Waals surface area contributed by atoms with E-state index in [2.05, 4.69) is 0 Å². The molecule has 5 nitrogen and oxygen atoms in total. The van der Waals surface area contributed by atoms with Crippen molar-refractivity contribution in [2.24, 2.45) is 0 Å². The number of hydrogen-bond acceptors (Lipinski definition) is 5. The molecule has 1 aromatic heterocycles. The van der Waals surface area contributed by atoms with Gasteiger partial charge in [0.15, 0.2) is 17.9 Å². The quantitative estimate of drug-likeness (QED) is 0.442. The smallest absolute Gasteiger partial charge is 0.197 e. The van der Waals surface area contributed by atoms with Gasteiger partial charge in [-0.3, -0.25) is 14.4 Å². The lowest BCUT2D eigenvalue weighted by Gasteiger charge is -2.00. The first kappa shape index (κ1) is 15.8. The van der Waals surface area contributed by atoms with Gasteiger partial charge in [0, 0.05) is 16.7 Å². The molecule has 0 unspecified atom stereocenters. The van der Waals surface area contributed by atoms with Crippen LogP contribution in [0.25, 0.3) is 17.4 Å². The van der Waals surface area contributed by atoms with E-state index >= 15 is 0 Å². The van der Waals surface area contributed by atoms with Crippen molar-refractivity contribution in [1.29, 1.82) is 0 Å². The Morgan fingerprint density at radius 1 is 0.885 bits per heavy atom. The highest BCUT2D eigenvalue weighted by molar-refractivity contribution is 6.41. The fourth-order valence-corrected chi connectivity index (χ4v) is 2.93. The number of hydrogen-bond donors (Lipinski definition) is 1. The molecule has 0 amide bonds. The number of carbonyl (C=O) groups is 3. The SMILES string of the molecule is O=Cc1cc(-c2ccc(C=C3C(=O)c4ccccc4C3=O)o2)ccc1O. The van der Waals surface area contributed by atoms with E-state index in [-0.39, 0.29) is 28.5 Å². The third-order valence-corrected chi connectivity index (χ3v) is 4.26. The maximum atomic E-state index is 12.4. The first-order valence-corrected chi connectivity index (χ1v) is 7.87. The molecular formula is C21H12O5. The van der Waals surface area contributed by atoms with Crippen LogP contribution in [0.1, 0.15) is 36.8 Å². The van der Waals surface area contributed by atoms with E-state index < -0.39 is 0 Å². The van der Waals surface area contributed by atoms with Crippen LogP contribution < -0.4 is 0 Å². The summed E-state index contributed by atoms with van der Waals surface area (Å²) in [7, 11) is 0. The number of ketones is 2. The predicted octanol–water partition coefficient (Wildman–Crippen LogP) is 3.93. The van der Waals surface area contributed by atoms with Crippen LogP contribution in [0.3, 0.4) is 0 Å². The minimum atomic E-state index is -0.323. The zero-order valence-electron chi connectivity index (χ0n) is 13.4. The van der Waals surface area contributed by atoms with Crippen LogP contribution in [0.4, 0.5) is 0 Å². The Bertz CT molecular complexity index is 1060. The van der Waals surface area contributed by atoms with Crippen molar-refractivity contribution in [3.05, 3.63) is 82.6 Å². The monoisotopic (exact) mass is 344 g/mol. The van der Waals surface area contributed by atoms with Gasteiger partial charge >= 0.3 is 0 Å². The zero-order chi connectivity index (χ0) is 18.3. The molecule has 4 rings (SSSR count). The van der Waals surface area contributed by atoms with Crippen LogP contribution in [0, 0.1) is 0 Å². The standard InChI is InChI=1S/C21H12O5/c22-11-13-9-12(5-7-18(13)23)19-8-6-14(26-19)10-17-20(24)15-3-1-2-4-16(15)21(17)25/h1-11,23H. The second kappa shape index (κ2) is 5.97. The molecule has 126 valence electrons. The van der Waals surface area contributed by atoms with E-state index in [0.29, 0.717) is 34.5 Å². The summed E-state index contributed by atoms with van der Waals surface area (Å²) >= 11 is 0. The van der Waals surface area contributed by atoms with Gasteiger partial charge in [0.25, 0.3) is 0 Å². The normalized spacial score (nSPS) is 13.0. The molecule has 1 N–H and O–H groups in total. The number of benzene rings is 2. The predicted molar refractivity (Wildman–Crippen MR) is 94.3 cm³/mol. The van der Waals surface area contributed by atoms with Crippen LogP contribution in [-0.4, -0.2) is 23.0 Å². The van der Waals surface area contributed by atoms with Crippen molar-refractivity contribution in [3.8, 4) is 17.1 Å². The Morgan fingerprint density at radius 3 is 2.23 bits per heavy atom. The molecule has 0 saturated heterocycles. The topological polar surface area (TPSA) is 84.6 Å². The van der Waals surface area contributed by atoms with Gasteiger partial charge in [0.1, 0.15) is 17.3 Å². The highest BCUT2D eigenvalue weighted by atomic mass is 16.3. The molecule has 3 aromatic rings. The van der Waals surface area contributed by atoms with Gasteiger partial charge in [-0.25, -0.2) is 0 Å². The third-order valence-electron chi connectivity index (χ3n) is 4.26. The Morgan fingerprint density at radius 2 is 1.58 bits per heavy atom. The second-order valence-electron chi connectivity index (χ2n) is 5.86. The van der Waals surface area contributed by atoms with E-state index in [9.17, 15) is 19.5 Å². The van der Waals surface area contributed by atoms with Crippen molar-refractivity contribution in [2.45, 2.75) is 0 Å². The first-order chi connectivity index (χ1) is 12.6. The summed E-state index contributed by atoms with van der Waals surface area (Å²) in [4.78, 5) is 35.8. The lowest BCUT2D eigenvalue weighted by atomic mass is 10.1. The van der Waals surface area contributed by atoms with E-state index in [1.807, 2.05) is 0 Å². The molecule has 0 spiro atoms. The van der Waals surface area contributed by atoms with Crippen molar-refractivity contribution in [3.63, 3.8) is 0 Å². The first-order valence-electron chi connectivity index (χ1n) is 7.87. The molecule has 1 heterocycles. The molecule has 0 aliphatic heterocycles. The average molecular weight is 344 g/mol. The molecule has 0 fully saturated rings. The number of allylic oxidation sites excluding steroid dienone is 1. The second-order valence-corrected chi connectivity index (χ2v) is 5.86. The van der Waals surface area contributed by atoms with Crippen LogP contribution in [-0.2, 0) is 0 Å². The number of fused-ring (bicyclic) bond motifs is 1. The van der Waals surface area contributed by atoms with E-state index in [4.69, 9.17) is 4.42 Å². The van der Waals surface area contributed by atoms with Gasteiger partial charge in [-0.05, 0) is 36.4 Å². The Balaban J connectivity index is 1.70. The van der Waals surface area contributed by atoms with Gasteiger partial charge in [-0.1, -0.05) is 24.3 Å². The molecule has 26 heavy (non-hydrogen) atoms. The molecular weight excluding hydrogens is 332 g/mol. The number of carbonyl (C=O) groups excluding carboxylic acids is 3. The molecule has 0 atom stereocenters. The van der Waals surface area contributed by atoms with Crippen molar-refractivity contribution < 1.29 is 23.9 Å². The van der Waals surface area contributed by atoms with Gasteiger partial charge in [0.2, 0.25) is 0 Å². The number of aromatic hydroxyl groups is 1. The third kappa shape index (κ3) is 2.46. The summed E-state index contributed by atoms with van der Waals surface area (Å²) < 4.78 is 5.69. The molecule has 1 aliphatic rings. The summed E-state index contributed by atoms with van der Waals surface area (Å²) in [6, 6.07) is 14.5. The minimum absolute atomic E-state index is 0.0615. The van der Waals surface area contributed by atoms with Crippen molar-refractivity contribution in [1.82, 2.24) is 0 Å². The lowest BCUT2D eigenvalue weighted by molar-refractivity contribution is 0.0989. The van der Waals surface area contributed by atoms with E-state index in [1.165, 1.54) is 18.2 Å². The summed E-state index contributed by atoms with van der Waals surface area (Å²) in [5.74, 6) is 0.0472. The molecule has 2 aromatic carbocycles. The van der Waals surface area contributed by atoms with Crippen LogP contribution >= 0.6 is 0 Å². The van der Waals surface area contributed by atoms with Gasteiger partial charge < -0.3 is 9.52 Å². The summed E-state index contributed by atoms with van der Waals surface area (Å²) in [5.41, 5.74) is 1.60. The summed E-state index contributed by atoms with van der Waals surface area (Å²) in [6.07, 6.45) is 1.98. The number of phenolic OH excluding ortho intramolecular Hbond substituents is 1. The van der Waals surface area contributed by atoms with E-state index in [0.717, 1.165) is 0 Å². The highest BCUT2D eigenvalue weighted by Crippen LogP contribution is 2.30. The van der Waals surface area contributed by atoms with Crippen LogP contribution in [0.2, 0.25) is 0 Å². The highest BCUT2D eigenvalue weighted by Gasteiger charge is 2.32. The molecule has 0 saturated carbocycles. The number of furan rings is 1. The fourth-order valence-electron chi connectivity index (χ4n) is 2.93. The zero-order valence-corrected chi connectivity index (χ0v) is 13.4. The lowest BCUT2D eigenvalue weighted by Crippen LogP contribution is -1.99. The van der Waals surface area contributed by atoms with Gasteiger partial charge in [-0.2, -0.15) is 0 Å². The molecule has 1 aliphatic carbocycles. The number of rotatable bonds is 3. The van der Waals surface area contributed by atoms with Gasteiger partial charge in [-0.15, -0.1) is 0 Å². The van der Waals surface area contributed by atoms with E-state index in [1.54, 1.807) is 42.5 Å². The minimum Gasteiger partial charge on any atom is -0.507 e. The fraction of sp³-hybridized carbons (Fsp3) is 0. The van der Waals surface area contributed by atoms with Gasteiger partial charge in [0.05, 0.1) is 11.1 Å². The van der Waals surface area contributed by atoms with Crippen LogP contribution in [0.15, 0.2) is 64.6 Å². The number of phenols is 1. The summed E-state index contributed by atoms with van der Waals surface area (Å²) in [6.45, 7) is 0. The average Bonchev–Trinajstić information content (AvgIpc) is 3.22. The molecule has 0 radical (unpaired) electrons. The maximum absolute atomic E-state index is 12.4. The molecule has 5 heteroatoms. The molecule has 0 bridgehead atoms. The number of aldehydes is 1. The van der Waals surface area contributed by atoms with Crippen molar-refractivity contribution in [2.75, 3.05) is 0 Å².